The molecule has 2 aliphatic rings. The summed E-state index contributed by atoms with van der Waals surface area (Å²) >= 11 is 5.95. The largest absolute Gasteiger partial charge is 0.493 e. The van der Waals surface area contributed by atoms with Crippen molar-refractivity contribution in [2.24, 2.45) is 0 Å². The van der Waals surface area contributed by atoms with Crippen LogP contribution in [0.25, 0.3) is 0 Å². The van der Waals surface area contributed by atoms with Crippen molar-refractivity contribution in [2.45, 2.75) is 32.0 Å². The lowest BCUT2D eigenvalue weighted by molar-refractivity contribution is -0.384. The lowest BCUT2D eigenvalue weighted by atomic mass is 9.88. The Bertz CT molecular complexity index is 1360. The van der Waals surface area contributed by atoms with Crippen LogP contribution in [-0.4, -0.2) is 33.7 Å². The van der Waals surface area contributed by atoms with E-state index in [1.807, 2.05) is 61.2 Å². The molecule has 2 heterocycles. The van der Waals surface area contributed by atoms with Crippen LogP contribution in [0.1, 0.15) is 40.9 Å². The number of thiocarbonyl (C=S) groups is 1. The zero-order valence-corrected chi connectivity index (χ0v) is 20.2. The summed E-state index contributed by atoms with van der Waals surface area (Å²) in [6.07, 6.45) is 0.458. The summed E-state index contributed by atoms with van der Waals surface area (Å²) in [6.45, 7) is 3.94. The molecule has 5 rings (SSSR count). The zero-order valence-electron chi connectivity index (χ0n) is 19.4. The molecule has 0 radical (unpaired) electrons. The first kappa shape index (κ1) is 22.8. The van der Waals surface area contributed by atoms with Gasteiger partial charge >= 0.3 is 0 Å². The molecule has 35 heavy (non-hydrogen) atoms. The van der Waals surface area contributed by atoms with Crippen LogP contribution in [0, 0.1) is 17.0 Å². The Balaban J connectivity index is 1.67. The van der Waals surface area contributed by atoms with E-state index >= 15 is 0 Å². The molecule has 0 N–H and O–H groups in total. The van der Waals surface area contributed by atoms with Crippen LogP contribution in [0.3, 0.4) is 0 Å². The summed E-state index contributed by atoms with van der Waals surface area (Å²) in [5.74, 6) is 0.791. The maximum atomic E-state index is 13.9. The van der Waals surface area contributed by atoms with Crippen molar-refractivity contribution in [2.75, 3.05) is 12.0 Å². The molecule has 2 aliphatic heterocycles. The summed E-state index contributed by atoms with van der Waals surface area (Å²) in [6, 6.07) is 18.6. The van der Waals surface area contributed by atoms with E-state index in [1.165, 1.54) is 24.3 Å². The van der Waals surface area contributed by atoms with Gasteiger partial charge in [0.1, 0.15) is 0 Å². The number of hydrogen-bond donors (Lipinski definition) is 0. The van der Waals surface area contributed by atoms with Crippen LogP contribution in [0.2, 0.25) is 0 Å². The van der Waals surface area contributed by atoms with Crippen molar-refractivity contribution in [3.05, 3.63) is 93.5 Å². The smallest absolute Gasteiger partial charge is 0.269 e. The Morgan fingerprint density at radius 2 is 1.89 bits per heavy atom. The third kappa shape index (κ3) is 3.68. The van der Waals surface area contributed by atoms with Gasteiger partial charge in [-0.1, -0.05) is 24.3 Å². The highest BCUT2D eigenvalue weighted by Gasteiger charge is 2.54. The lowest BCUT2D eigenvalue weighted by Gasteiger charge is -2.55. The number of para-hydroxylation sites is 1. The van der Waals surface area contributed by atoms with Crippen LogP contribution in [0.5, 0.6) is 11.5 Å². The van der Waals surface area contributed by atoms with Gasteiger partial charge in [-0.3, -0.25) is 24.7 Å². The van der Waals surface area contributed by atoms with Crippen LogP contribution in [0.15, 0.2) is 66.7 Å². The average molecular weight is 490 g/mol. The third-order valence-corrected chi connectivity index (χ3v) is 6.85. The fourth-order valence-electron chi connectivity index (χ4n) is 4.85. The van der Waals surface area contributed by atoms with E-state index in [1.54, 1.807) is 12.0 Å². The number of methoxy groups -OCH3 is 1. The normalized spacial score (nSPS) is 20.7. The number of nitro groups is 1. The number of aryl methyl sites for hydroxylation is 1. The molecule has 2 unspecified atom stereocenters. The second-order valence-corrected chi connectivity index (χ2v) is 9.18. The summed E-state index contributed by atoms with van der Waals surface area (Å²) in [4.78, 5) is 27.9. The first-order valence-electron chi connectivity index (χ1n) is 11.1. The van der Waals surface area contributed by atoms with Gasteiger partial charge in [-0.25, -0.2) is 0 Å². The number of non-ortho nitro benzene ring substituents is 1. The third-order valence-electron chi connectivity index (χ3n) is 6.47. The Labute approximate surface area is 207 Å². The molecule has 8 nitrogen and oxygen atoms in total. The van der Waals surface area contributed by atoms with Gasteiger partial charge in [0, 0.05) is 35.4 Å². The summed E-state index contributed by atoms with van der Waals surface area (Å²) in [5.41, 5.74) is 1.99. The highest BCUT2D eigenvalue weighted by atomic mass is 32.1. The van der Waals surface area contributed by atoms with Crippen LogP contribution < -0.4 is 14.4 Å². The predicted molar refractivity (Wildman–Crippen MR) is 135 cm³/mol. The lowest BCUT2D eigenvalue weighted by Crippen LogP contribution is -2.67. The van der Waals surface area contributed by atoms with Crippen molar-refractivity contribution in [1.29, 1.82) is 0 Å². The van der Waals surface area contributed by atoms with E-state index in [9.17, 15) is 14.9 Å². The van der Waals surface area contributed by atoms with Crippen molar-refractivity contribution in [1.82, 2.24) is 4.90 Å². The molecule has 0 saturated carbocycles. The van der Waals surface area contributed by atoms with Crippen molar-refractivity contribution in [3.8, 4) is 11.5 Å². The highest BCUT2D eigenvalue weighted by molar-refractivity contribution is 7.80. The maximum absolute atomic E-state index is 13.9. The zero-order chi connectivity index (χ0) is 24.9. The van der Waals surface area contributed by atoms with Gasteiger partial charge in [0.2, 0.25) is 0 Å². The number of carbonyl (C=O) groups excluding carboxylic acids is 1. The standard InChI is InChI=1S/C26H23N3O5S/c1-16-6-4-7-19(14-16)28-25(35)27(24(30)17-10-12-18(13-11-17)29(31)32)21-15-26(28,2)34-23-20(21)8-5-9-22(23)33-3/h4-14,21H,15H2,1-3H3. The Morgan fingerprint density at radius 1 is 1.17 bits per heavy atom. The Hall–Kier alpha value is -3.98. The number of ether oxygens (including phenoxy) is 2. The fourth-order valence-corrected chi connectivity index (χ4v) is 5.36. The van der Waals surface area contributed by atoms with Crippen LogP contribution in [-0.2, 0) is 0 Å². The molecule has 0 spiro atoms. The van der Waals surface area contributed by atoms with Gasteiger partial charge in [0.05, 0.1) is 18.1 Å². The molecule has 2 atom stereocenters. The van der Waals surface area contributed by atoms with Gasteiger partial charge in [0.15, 0.2) is 22.3 Å². The minimum Gasteiger partial charge on any atom is -0.493 e. The van der Waals surface area contributed by atoms with Gasteiger partial charge in [-0.2, -0.15) is 0 Å². The number of nitrogens with zero attached hydrogens (tertiary/aromatic N) is 3. The minimum absolute atomic E-state index is 0.0853. The van der Waals surface area contributed by atoms with Gasteiger partial charge in [-0.15, -0.1) is 0 Å². The minimum atomic E-state index is -0.872. The van der Waals surface area contributed by atoms with Gasteiger partial charge in [0.25, 0.3) is 11.6 Å². The SMILES string of the molecule is COc1cccc2c1OC1(C)CC2N(C(=O)c2ccc([N+](=O)[O-])cc2)C(=S)N1c1cccc(C)c1. The van der Waals surface area contributed by atoms with E-state index in [2.05, 4.69) is 0 Å². The van der Waals surface area contributed by atoms with Crippen LogP contribution >= 0.6 is 12.2 Å². The number of amides is 1. The monoisotopic (exact) mass is 489 g/mol. The molecule has 178 valence electrons. The predicted octanol–water partition coefficient (Wildman–Crippen LogP) is 5.40. The summed E-state index contributed by atoms with van der Waals surface area (Å²) < 4.78 is 12.1. The molecule has 1 amide bonds. The molecule has 1 saturated heterocycles. The summed E-state index contributed by atoms with van der Waals surface area (Å²) in [7, 11) is 1.58. The van der Waals surface area contributed by atoms with E-state index in [0.29, 0.717) is 28.6 Å². The number of nitro benzene ring substituents is 1. The van der Waals surface area contributed by atoms with Crippen molar-refractivity contribution < 1.29 is 19.2 Å². The quantitative estimate of drug-likeness (QED) is 0.276. The first-order chi connectivity index (χ1) is 16.7. The molecule has 0 aliphatic carbocycles. The van der Waals surface area contributed by atoms with Crippen molar-refractivity contribution in [3.63, 3.8) is 0 Å². The molecule has 3 aromatic carbocycles. The van der Waals surface area contributed by atoms with E-state index < -0.39 is 16.7 Å². The molecular weight excluding hydrogens is 466 g/mol. The van der Waals surface area contributed by atoms with E-state index in [4.69, 9.17) is 21.7 Å². The number of rotatable bonds is 4. The number of carbonyl (C=O) groups is 1. The topological polar surface area (TPSA) is 85.1 Å². The Morgan fingerprint density at radius 3 is 2.54 bits per heavy atom. The highest BCUT2D eigenvalue weighted by Crippen LogP contribution is 2.52. The number of fused-ring (bicyclic) bond motifs is 4. The van der Waals surface area contributed by atoms with Gasteiger partial charge < -0.3 is 9.47 Å². The van der Waals surface area contributed by atoms with Crippen molar-refractivity contribution >= 4 is 34.6 Å². The number of anilines is 1. The van der Waals surface area contributed by atoms with Crippen LogP contribution in [0.4, 0.5) is 11.4 Å². The Kier molecular flexibility index (Phi) is 5.44. The number of hydrogen-bond acceptors (Lipinski definition) is 6. The maximum Gasteiger partial charge on any atom is 0.269 e. The van der Waals surface area contributed by atoms with Gasteiger partial charge in [-0.05, 0) is 62.0 Å². The summed E-state index contributed by atoms with van der Waals surface area (Å²) in [5, 5.41) is 11.4. The second-order valence-electron chi connectivity index (χ2n) is 8.81. The average Bonchev–Trinajstić information content (AvgIpc) is 2.83. The van der Waals surface area contributed by atoms with E-state index in [0.717, 1.165) is 16.8 Å². The fraction of sp³-hybridized carbons (Fsp3) is 0.231. The molecule has 9 heteroatoms. The number of benzene rings is 3. The molecule has 0 aromatic heterocycles. The molecule has 2 bridgehead atoms. The molecule has 1 fully saturated rings. The molecule has 3 aromatic rings. The molecular formula is C26H23N3O5S. The second kappa shape index (κ2) is 8.35. The first-order valence-corrected chi connectivity index (χ1v) is 11.5. The van der Waals surface area contributed by atoms with E-state index in [-0.39, 0.29) is 11.6 Å².